The molecule has 0 aliphatic carbocycles. The van der Waals surface area contributed by atoms with Crippen molar-refractivity contribution >= 4 is 8.32 Å². The summed E-state index contributed by atoms with van der Waals surface area (Å²) in [6.45, 7) is 11.9. The predicted octanol–water partition coefficient (Wildman–Crippen LogP) is 3.03. The van der Waals surface area contributed by atoms with Gasteiger partial charge in [0.1, 0.15) is 0 Å². The van der Waals surface area contributed by atoms with Crippen LogP contribution in [0.1, 0.15) is 27.7 Å². The summed E-state index contributed by atoms with van der Waals surface area (Å²) in [7, 11) is -1.31. The van der Waals surface area contributed by atoms with Crippen LogP contribution < -0.4 is 5.32 Å². The van der Waals surface area contributed by atoms with Crippen molar-refractivity contribution in [3.63, 3.8) is 0 Å². The monoisotopic (exact) mass is 271 g/mol. The number of rotatable bonds is 8. The molecule has 4 nitrogen and oxygen atoms in total. The average molecular weight is 271 g/mol. The normalized spacial score (nSPS) is 10.9. The summed E-state index contributed by atoms with van der Waals surface area (Å²) in [5, 5.41) is 3.29. The zero-order valence-electron chi connectivity index (χ0n) is 12.3. The van der Waals surface area contributed by atoms with Gasteiger partial charge in [-0.2, -0.15) is 0 Å². The van der Waals surface area contributed by atoms with Crippen LogP contribution in [0.15, 0.2) is 18.7 Å². The molecule has 0 aliphatic rings. The van der Waals surface area contributed by atoms with E-state index in [1.165, 1.54) is 18.1 Å². The molecule has 1 aromatic rings. The van der Waals surface area contributed by atoms with Crippen molar-refractivity contribution in [3.05, 3.63) is 18.7 Å². The lowest BCUT2D eigenvalue weighted by Crippen LogP contribution is -2.38. The number of hydrogen-bond donors (Lipinski definition) is 2. The number of hydrogen-bond acceptors (Lipinski definition) is 3. The summed E-state index contributed by atoms with van der Waals surface area (Å²) in [5.74, 6) is 0. The first kappa shape index (κ1) is 17.3. The fourth-order valence-corrected chi connectivity index (χ4v) is 4.44. The molecule has 106 valence electrons. The molecule has 0 amide bonds. The summed E-state index contributed by atoms with van der Waals surface area (Å²) in [6.07, 6.45) is 5.08. The highest BCUT2D eigenvalue weighted by atomic mass is 28.4. The fraction of sp³-hybridized carbons (Fsp3) is 0.769. The maximum absolute atomic E-state index is 6.06. The summed E-state index contributed by atoms with van der Waals surface area (Å²) < 4.78 is 6.06. The standard InChI is InChI=1S/C10H25NOSi.C3H4N2/c1-5-11-9-10-12-13(6-2,7-3)8-4;1-2-5-3-4-1/h11H,5-10H2,1-4H3;1-3H,(H,4,5). The number of likely N-dealkylation sites (N-methyl/N-ethyl adjacent to an activating group) is 1. The van der Waals surface area contributed by atoms with Crippen LogP contribution >= 0.6 is 0 Å². The van der Waals surface area contributed by atoms with Gasteiger partial charge in [-0.3, -0.25) is 0 Å². The lowest BCUT2D eigenvalue weighted by Gasteiger charge is -2.27. The highest BCUT2D eigenvalue weighted by Crippen LogP contribution is 2.20. The van der Waals surface area contributed by atoms with Gasteiger partial charge in [0.15, 0.2) is 8.32 Å². The van der Waals surface area contributed by atoms with Crippen molar-refractivity contribution in [3.8, 4) is 0 Å². The van der Waals surface area contributed by atoms with Gasteiger partial charge in [-0.25, -0.2) is 4.98 Å². The average Bonchev–Trinajstić information content (AvgIpc) is 2.99. The first-order valence-electron chi connectivity index (χ1n) is 7.02. The Balaban J connectivity index is 0.000000473. The molecule has 1 aromatic heterocycles. The van der Waals surface area contributed by atoms with Crippen LogP contribution in [0.2, 0.25) is 18.1 Å². The molecule has 0 aromatic carbocycles. The van der Waals surface area contributed by atoms with Gasteiger partial charge in [-0.05, 0) is 24.7 Å². The molecule has 0 saturated heterocycles. The van der Waals surface area contributed by atoms with E-state index >= 15 is 0 Å². The number of nitrogens with zero attached hydrogens (tertiary/aromatic N) is 1. The maximum Gasteiger partial charge on any atom is 0.192 e. The summed E-state index contributed by atoms with van der Waals surface area (Å²) >= 11 is 0. The summed E-state index contributed by atoms with van der Waals surface area (Å²) in [6, 6.07) is 3.77. The van der Waals surface area contributed by atoms with Crippen LogP contribution in [0.5, 0.6) is 0 Å². The maximum atomic E-state index is 6.06. The molecule has 0 radical (unpaired) electrons. The van der Waals surface area contributed by atoms with Gasteiger partial charge in [0.2, 0.25) is 0 Å². The molecular formula is C13H29N3OSi. The topological polar surface area (TPSA) is 49.9 Å². The number of aromatic nitrogens is 2. The zero-order valence-corrected chi connectivity index (χ0v) is 13.3. The molecule has 2 N–H and O–H groups in total. The minimum atomic E-state index is -1.31. The minimum Gasteiger partial charge on any atom is -0.416 e. The van der Waals surface area contributed by atoms with Gasteiger partial charge < -0.3 is 14.7 Å². The van der Waals surface area contributed by atoms with Crippen LogP contribution in [0, 0.1) is 0 Å². The Morgan fingerprint density at radius 1 is 1.17 bits per heavy atom. The Hall–Kier alpha value is -0.653. The van der Waals surface area contributed by atoms with Crippen molar-refractivity contribution < 1.29 is 4.43 Å². The fourth-order valence-electron chi connectivity index (χ4n) is 1.79. The quantitative estimate of drug-likeness (QED) is 0.564. The van der Waals surface area contributed by atoms with E-state index < -0.39 is 8.32 Å². The molecule has 0 spiro atoms. The van der Waals surface area contributed by atoms with Crippen LogP contribution in [0.3, 0.4) is 0 Å². The molecular weight excluding hydrogens is 242 g/mol. The zero-order chi connectivity index (χ0) is 13.7. The molecule has 0 atom stereocenters. The van der Waals surface area contributed by atoms with E-state index in [0.717, 1.165) is 19.7 Å². The molecule has 0 bridgehead atoms. The molecule has 1 heterocycles. The van der Waals surface area contributed by atoms with Gasteiger partial charge in [0.25, 0.3) is 0 Å². The molecule has 0 unspecified atom stereocenters. The highest BCUT2D eigenvalue weighted by molar-refractivity contribution is 6.73. The Labute approximate surface area is 113 Å². The second-order valence-electron chi connectivity index (χ2n) is 4.21. The lowest BCUT2D eigenvalue weighted by molar-refractivity contribution is 0.298. The molecule has 5 heteroatoms. The van der Waals surface area contributed by atoms with E-state index in [1.54, 1.807) is 18.7 Å². The molecule has 18 heavy (non-hydrogen) atoms. The Bertz CT molecular complexity index is 225. The van der Waals surface area contributed by atoms with Crippen molar-refractivity contribution in [2.24, 2.45) is 0 Å². The Morgan fingerprint density at radius 2 is 1.83 bits per heavy atom. The van der Waals surface area contributed by atoms with Crippen LogP contribution in [0.25, 0.3) is 0 Å². The predicted molar refractivity (Wildman–Crippen MR) is 80.3 cm³/mol. The van der Waals surface area contributed by atoms with Crippen molar-refractivity contribution in [1.29, 1.82) is 0 Å². The Kier molecular flexibility index (Phi) is 11.0. The third-order valence-electron chi connectivity index (χ3n) is 3.28. The van der Waals surface area contributed by atoms with Crippen LogP contribution in [0.4, 0.5) is 0 Å². The summed E-state index contributed by atoms with van der Waals surface area (Å²) in [5.41, 5.74) is 0. The van der Waals surface area contributed by atoms with Crippen molar-refractivity contribution in [2.45, 2.75) is 45.8 Å². The van der Waals surface area contributed by atoms with E-state index in [1.807, 2.05) is 0 Å². The van der Waals surface area contributed by atoms with E-state index in [4.69, 9.17) is 4.43 Å². The lowest BCUT2D eigenvalue weighted by atomic mass is 10.6. The van der Waals surface area contributed by atoms with Crippen LogP contribution in [-0.4, -0.2) is 38.0 Å². The minimum absolute atomic E-state index is 0.898. The second kappa shape index (κ2) is 11.4. The smallest absolute Gasteiger partial charge is 0.192 e. The van der Waals surface area contributed by atoms with Crippen molar-refractivity contribution in [1.82, 2.24) is 15.3 Å². The van der Waals surface area contributed by atoms with E-state index in [9.17, 15) is 0 Å². The number of H-pyrrole nitrogens is 1. The third-order valence-corrected chi connectivity index (χ3v) is 7.96. The highest BCUT2D eigenvalue weighted by Gasteiger charge is 2.27. The van der Waals surface area contributed by atoms with E-state index in [2.05, 4.69) is 43.0 Å². The first-order valence-corrected chi connectivity index (χ1v) is 9.55. The van der Waals surface area contributed by atoms with Gasteiger partial charge in [-0.15, -0.1) is 0 Å². The number of aromatic amines is 1. The van der Waals surface area contributed by atoms with Gasteiger partial charge in [0.05, 0.1) is 6.33 Å². The van der Waals surface area contributed by atoms with Gasteiger partial charge >= 0.3 is 0 Å². The number of nitrogens with one attached hydrogen (secondary N) is 2. The Morgan fingerprint density at radius 3 is 2.17 bits per heavy atom. The summed E-state index contributed by atoms with van der Waals surface area (Å²) in [4.78, 5) is 6.42. The molecule has 1 rings (SSSR count). The SMILES string of the molecule is CCNCCO[Si](CC)(CC)CC.c1c[nH]cn1. The van der Waals surface area contributed by atoms with Crippen LogP contribution in [-0.2, 0) is 4.43 Å². The third kappa shape index (κ3) is 7.63. The van der Waals surface area contributed by atoms with E-state index in [-0.39, 0.29) is 0 Å². The molecule has 0 aliphatic heterocycles. The molecule has 0 fully saturated rings. The van der Waals surface area contributed by atoms with Gasteiger partial charge in [-0.1, -0.05) is 27.7 Å². The van der Waals surface area contributed by atoms with Gasteiger partial charge in [0, 0.05) is 25.5 Å². The number of imidazole rings is 1. The second-order valence-corrected chi connectivity index (χ2v) is 8.98. The van der Waals surface area contributed by atoms with E-state index in [0.29, 0.717) is 0 Å². The largest absolute Gasteiger partial charge is 0.416 e. The first-order chi connectivity index (χ1) is 8.74. The molecule has 0 saturated carbocycles. The van der Waals surface area contributed by atoms with Crippen molar-refractivity contribution in [2.75, 3.05) is 19.7 Å².